The van der Waals surface area contributed by atoms with Crippen molar-refractivity contribution in [2.24, 2.45) is 0 Å². The molecular formula is C13H20N2OS. The van der Waals surface area contributed by atoms with Crippen LogP contribution in [-0.2, 0) is 0 Å². The second-order valence-electron chi connectivity index (χ2n) is 4.93. The standard InChI is InChI=1S/C13H20N2OS/c16-13(14-10-5-2-1-3-6-10)15-11-7-4-8-12(17)9-11/h4,7,10-11H,1-3,5-6,8-9H2,(H2,14,15,16). The predicted molar refractivity (Wildman–Crippen MR) is 73.3 cm³/mol. The normalized spacial score (nSPS) is 25.6. The highest BCUT2D eigenvalue weighted by Crippen LogP contribution is 2.17. The van der Waals surface area contributed by atoms with Gasteiger partial charge in [0.2, 0.25) is 0 Å². The van der Waals surface area contributed by atoms with Gasteiger partial charge in [-0.15, -0.1) is 0 Å². The summed E-state index contributed by atoms with van der Waals surface area (Å²) in [6, 6.07) is 0.402. The van der Waals surface area contributed by atoms with Crippen molar-refractivity contribution in [3.63, 3.8) is 0 Å². The molecule has 2 aliphatic carbocycles. The summed E-state index contributed by atoms with van der Waals surface area (Å²) in [4.78, 5) is 12.8. The van der Waals surface area contributed by atoms with Crippen LogP contribution in [0.25, 0.3) is 0 Å². The lowest BCUT2D eigenvalue weighted by Crippen LogP contribution is -2.47. The largest absolute Gasteiger partial charge is 0.335 e. The van der Waals surface area contributed by atoms with Crippen LogP contribution in [0.3, 0.4) is 0 Å². The Hall–Kier alpha value is -0.900. The van der Waals surface area contributed by atoms with Gasteiger partial charge in [-0.3, -0.25) is 0 Å². The minimum Gasteiger partial charge on any atom is -0.335 e. The van der Waals surface area contributed by atoms with Crippen molar-refractivity contribution >= 4 is 23.1 Å². The van der Waals surface area contributed by atoms with Crippen LogP contribution in [0.2, 0.25) is 0 Å². The predicted octanol–water partition coefficient (Wildman–Crippen LogP) is 2.71. The molecule has 17 heavy (non-hydrogen) atoms. The zero-order valence-electron chi connectivity index (χ0n) is 10.1. The first-order valence-electron chi connectivity index (χ1n) is 6.49. The summed E-state index contributed by atoms with van der Waals surface area (Å²) in [6.45, 7) is 0. The maximum atomic E-state index is 11.8. The van der Waals surface area contributed by atoms with Gasteiger partial charge in [0.1, 0.15) is 0 Å². The number of nitrogens with one attached hydrogen (secondary N) is 2. The van der Waals surface area contributed by atoms with Gasteiger partial charge in [0.15, 0.2) is 0 Å². The summed E-state index contributed by atoms with van der Waals surface area (Å²) < 4.78 is 0. The molecule has 1 atom stereocenters. The fourth-order valence-corrected chi connectivity index (χ4v) is 2.78. The first-order chi connectivity index (χ1) is 8.24. The minimum atomic E-state index is -0.0451. The number of urea groups is 1. The lowest BCUT2D eigenvalue weighted by Gasteiger charge is -2.25. The fraction of sp³-hybridized carbons (Fsp3) is 0.692. The number of hydrogen-bond acceptors (Lipinski definition) is 2. The highest BCUT2D eigenvalue weighted by Gasteiger charge is 2.18. The maximum Gasteiger partial charge on any atom is 0.315 e. The van der Waals surface area contributed by atoms with Crippen LogP contribution in [0.1, 0.15) is 44.9 Å². The number of hydrogen-bond donors (Lipinski definition) is 2. The summed E-state index contributed by atoms with van der Waals surface area (Å²) in [6.07, 6.45) is 11.8. The van der Waals surface area contributed by atoms with Gasteiger partial charge in [-0.2, -0.15) is 0 Å². The highest BCUT2D eigenvalue weighted by atomic mass is 32.1. The second kappa shape index (κ2) is 6.15. The smallest absolute Gasteiger partial charge is 0.315 e. The molecule has 2 N–H and O–H groups in total. The van der Waals surface area contributed by atoms with Crippen LogP contribution in [0.5, 0.6) is 0 Å². The van der Waals surface area contributed by atoms with Gasteiger partial charge in [-0.25, -0.2) is 4.79 Å². The van der Waals surface area contributed by atoms with Crippen LogP contribution in [0, 0.1) is 0 Å². The molecule has 2 aliphatic rings. The van der Waals surface area contributed by atoms with Gasteiger partial charge in [0.05, 0.1) is 6.04 Å². The number of rotatable bonds is 2. The van der Waals surface area contributed by atoms with Crippen LogP contribution in [0.15, 0.2) is 12.2 Å². The number of thiocarbonyl (C=S) groups is 1. The van der Waals surface area contributed by atoms with Gasteiger partial charge in [0.25, 0.3) is 0 Å². The molecule has 0 heterocycles. The molecule has 1 saturated carbocycles. The zero-order valence-corrected chi connectivity index (χ0v) is 10.9. The van der Waals surface area contributed by atoms with Crippen LogP contribution in [-0.4, -0.2) is 23.0 Å². The number of allylic oxidation sites excluding steroid dienone is 1. The fourth-order valence-electron chi connectivity index (χ4n) is 2.50. The highest BCUT2D eigenvalue weighted by molar-refractivity contribution is 7.80. The molecule has 0 saturated heterocycles. The van der Waals surface area contributed by atoms with E-state index in [9.17, 15) is 4.79 Å². The van der Waals surface area contributed by atoms with Crippen molar-refractivity contribution in [3.8, 4) is 0 Å². The average molecular weight is 252 g/mol. The Balaban J connectivity index is 1.74. The molecule has 0 aromatic heterocycles. The van der Waals surface area contributed by atoms with Gasteiger partial charge in [-0.05, 0) is 24.1 Å². The quantitative estimate of drug-likeness (QED) is 0.586. The topological polar surface area (TPSA) is 41.1 Å². The summed E-state index contributed by atoms with van der Waals surface area (Å²) in [7, 11) is 0. The van der Waals surface area contributed by atoms with Crippen molar-refractivity contribution in [2.75, 3.05) is 0 Å². The van der Waals surface area contributed by atoms with Gasteiger partial charge >= 0.3 is 6.03 Å². The molecular weight excluding hydrogens is 232 g/mol. The van der Waals surface area contributed by atoms with Gasteiger partial charge in [0, 0.05) is 12.5 Å². The Morgan fingerprint density at radius 2 is 2.00 bits per heavy atom. The van der Waals surface area contributed by atoms with Gasteiger partial charge < -0.3 is 10.6 Å². The Morgan fingerprint density at radius 3 is 2.71 bits per heavy atom. The number of carbonyl (C=O) groups is 1. The summed E-state index contributed by atoms with van der Waals surface area (Å²) in [5, 5.41) is 6.03. The SMILES string of the molecule is O=C(NC1C=CCC(=S)C1)NC1CCCCC1. The molecule has 0 aromatic rings. The number of carbonyl (C=O) groups excluding carboxylic acids is 1. The van der Waals surface area contributed by atoms with E-state index in [1.54, 1.807) is 0 Å². The molecule has 1 unspecified atom stereocenters. The average Bonchev–Trinajstić information content (AvgIpc) is 2.30. The van der Waals surface area contributed by atoms with E-state index in [0.717, 1.165) is 30.5 Å². The van der Waals surface area contributed by atoms with E-state index in [0.29, 0.717) is 6.04 Å². The molecule has 2 amide bonds. The number of amides is 2. The van der Waals surface area contributed by atoms with E-state index in [2.05, 4.69) is 10.6 Å². The summed E-state index contributed by atoms with van der Waals surface area (Å²) in [5.41, 5.74) is 0. The second-order valence-corrected chi connectivity index (χ2v) is 5.51. The molecule has 0 aromatic carbocycles. The molecule has 3 nitrogen and oxygen atoms in total. The van der Waals surface area contributed by atoms with Gasteiger partial charge in [-0.1, -0.05) is 43.6 Å². The van der Waals surface area contributed by atoms with Crippen molar-refractivity contribution in [2.45, 2.75) is 57.0 Å². The lowest BCUT2D eigenvalue weighted by atomic mass is 9.96. The van der Waals surface area contributed by atoms with Crippen LogP contribution < -0.4 is 10.6 Å². The first kappa shape index (κ1) is 12.6. The van der Waals surface area contributed by atoms with Crippen molar-refractivity contribution in [1.82, 2.24) is 10.6 Å². The molecule has 0 radical (unpaired) electrons. The summed E-state index contributed by atoms with van der Waals surface area (Å²) >= 11 is 5.17. The minimum absolute atomic E-state index is 0.0451. The Morgan fingerprint density at radius 1 is 1.24 bits per heavy atom. The summed E-state index contributed by atoms with van der Waals surface area (Å²) in [5.74, 6) is 0. The van der Waals surface area contributed by atoms with E-state index in [1.807, 2.05) is 12.2 Å². The monoisotopic (exact) mass is 252 g/mol. The van der Waals surface area contributed by atoms with Crippen LogP contribution in [0.4, 0.5) is 4.79 Å². The third-order valence-electron chi connectivity index (χ3n) is 3.42. The molecule has 0 bridgehead atoms. The maximum absolute atomic E-state index is 11.8. The van der Waals surface area contributed by atoms with E-state index in [4.69, 9.17) is 12.2 Å². The van der Waals surface area contributed by atoms with Crippen molar-refractivity contribution < 1.29 is 4.79 Å². The Bertz CT molecular complexity index is 321. The van der Waals surface area contributed by atoms with E-state index in [1.165, 1.54) is 19.3 Å². The third-order valence-corrected chi connectivity index (χ3v) is 3.75. The molecule has 0 spiro atoms. The Kier molecular flexibility index (Phi) is 4.54. The molecule has 4 heteroatoms. The van der Waals surface area contributed by atoms with E-state index >= 15 is 0 Å². The van der Waals surface area contributed by atoms with Crippen molar-refractivity contribution in [1.29, 1.82) is 0 Å². The first-order valence-corrected chi connectivity index (χ1v) is 6.90. The van der Waals surface area contributed by atoms with E-state index < -0.39 is 0 Å². The van der Waals surface area contributed by atoms with Crippen LogP contribution >= 0.6 is 12.2 Å². The van der Waals surface area contributed by atoms with E-state index in [-0.39, 0.29) is 12.1 Å². The molecule has 94 valence electrons. The zero-order chi connectivity index (χ0) is 12.1. The third kappa shape index (κ3) is 4.11. The lowest BCUT2D eigenvalue weighted by molar-refractivity contribution is 0.231. The molecule has 2 rings (SSSR count). The van der Waals surface area contributed by atoms with Crippen molar-refractivity contribution in [3.05, 3.63) is 12.2 Å². The Labute approximate surface area is 108 Å². The molecule has 1 fully saturated rings. The molecule has 0 aliphatic heterocycles.